The van der Waals surface area contributed by atoms with Crippen LogP contribution in [0.4, 0.5) is 0 Å². The van der Waals surface area contributed by atoms with E-state index in [-0.39, 0.29) is 0 Å². The minimum absolute atomic E-state index is 0.339. The molecule has 0 saturated carbocycles. The summed E-state index contributed by atoms with van der Waals surface area (Å²) < 4.78 is 11.6. The summed E-state index contributed by atoms with van der Waals surface area (Å²) in [4.78, 5) is 1.01. The lowest BCUT2D eigenvalue weighted by Crippen LogP contribution is -2.08. The van der Waals surface area contributed by atoms with Crippen LogP contribution in [0.25, 0.3) is 0 Å². The van der Waals surface area contributed by atoms with Gasteiger partial charge in [-0.05, 0) is 19.1 Å². The highest BCUT2D eigenvalue weighted by Crippen LogP contribution is 2.14. The van der Waals surface area contributed by atoms with E-state index in [0.717, 1.165) is 0 Å². The van der Waals surface area contributed by atoms with Gasteiger partial charge in [0.1, 0.15) is 0 Å². The fourth-order valence-corrected chi connectivity index (χ4v) is 1.87. The second kappa shape index (κ2) is 4.35. The number of hydrogen-bond acceptors (Lipinski definition) is 2. The molecule has 1 N–H and O–H groups in total. The van der Waals surface area contributed by atoms with E-state index in [1.165, 1.54) is 0 Å². The van der Waals surface area contributed by atoms with Crippen LogP contribution in [0.15, 0.2) is 46.7 Å². The first-order valence-corrected chi connectivity index (χ1v) is 5.11. The van der Waals surface area contributed by atoms with Gasteiger partial charge in [0.15, 0.2) is 0 Å². The Morgan fingerprint density at radius 1 is 1.46 bits per heavy atom. The van der Waals surface area contributed by atoms with Crippen molar-refractivity contribution in [1.29, 1.82) is 0 Å². The van der Waals surface area contributed by atoms with Crippen molar-refractivity contribution in [2.75, 3.05) is 0 Å². The molecule has 0 bridgehead atoms. The summed E-state index contributed by atoms with van der Waals surface area (Å²) in [6.07, 6.45) is -0.735. The zero-order chi connectivity index (χ0) is 9.84. The molecular weight excluding hydrogens is 184 g/mol. The predicted molar refractivity (Wildman–Crippen MR) is 53.7 cm³/mol. The van der Waals surface area contributed by atoms with E-state index in [2.05, 4.69) is 6.58 Å². The molecule has 0 amide bonds. The summed E-state index contributed by atoms with van der Waals surface area (Å²) >= 11 is 0. The van der Waals surface area contributed by atoms with E-state index in [1.807, 2.05) is 18.2 Å². The standard InChI is InChI=1S/C10H12O2S/c1-8(11)9(2)13(12)10-6-4-3-5-7-10/h3-8,11H,2H2,1H3/t8-,13?/m0/s1. The van der Waals surface area contributed by atoms with Gasteiger partial charge in [0.05, 0.1) is 16.9 Å². The van der Waals surface area contributed by atoms with Crippen molar-refractivity contribution in [3.8, 4) is 0 Å². The van der Waals surface area contributed by atoms with E-state index in [0.29, 0.717) is 9.80 Å². The Morgan fingerprint density at radius 2 is 2.00 bits per heavy atom. The molecule has 3 heteroatoms. The van der Waals surface area contributed by atoms with Crippen molar-refractivity contribution in [2.45, 2.75) is 17.9 Å². The van der Waals surface area contributed by atoms with Crippen LogP contribution in [-0.2, 0) is 10.8 Å². The second-order valence-electron chi connectivity index (χ2n) is 2.72. The molecular formula is C10H12O2S. The van der Waals surface area contributed by atoms with Crippen molar-refractivity contribution >= 4 is 10.8 Å². The van der Waals surface area contributed by atoms with Crippen LogP contribution < -0.4 is 0 Å². The Labute approximate surface area is 80.4 Å². The third kappa shape index (κ3) is 2.50. The van der Waals surface area contributed by atoms with Gasteiger partial charge >= 0.3 is 0 Å². The molecule has 0 heterocycles. The number of rotatable bonds is 3. The van der Waals surface area contributed by atoms with Crippen molar-refractivity contribution in [1.82, 2.24) is 0 Å². The molecule has 70 valence electrons. The lowest BCUT2D eigenvalue weighted by molar-refractivity contribution is 0.240. The van der Waals surface area contributed by atoms with E-state index < -0.39 is 16.9 Å². The van der Waals surface area contributed by atoms with Crippen LogP contribution in [0.2, 0.25) is 0 Å². The van der Waals surface area contributed by atoms with Gasteiger partial charge in [-0.25, -0.2) is 4.21 Å². The van der Waals surface area contributed by atoms with Gasteiger partial charge in [0, 0.05) is 9.80 Å². The zero-order valence-corrected chi connectivity index (χ0v) is 8.25. The lowest BCUT2D eigenvalue weighted by Gasteiger charge is -2.07. The first-order valence-electron chi connectivity index (χ1n) is 3.96. The van der Waals surface area contributed by atoms with Crippen LogP contribution in [0.1, 0.15) is 6.92 Å². The van der Waals surface area contributed by atoms with Crippen molar-refractivity contribution < 1.29 is 9.32 Å². The van der Waals surface area contributed by atoms with Crippen LogP contribution in [0.3, 0.4) is 0 Å². The molecule has 0 radical (unpaired) electrons. The molecule has 0 fully saturated rings. The topological polar surface area (TPSA) is 37.3 Å². The average molecular weight is 196 g/mol. The Bertz CT molecular complexity index is 317. The van der Waals surface area contributed by atoms with Crippen molar-refractivity contribution in [2.24, 2.45) is 0 Å². The third-order valence-corrected chi connectivity index (χ3v) is 3.18. The highest BCUT2D eigenvalue weighted by Gasteiger charge is 2.11. The first kappa shape index (κ1) is 10.2. The maximum Gasteiger partial charge on any atom is 0.0843 e. The number of aliphatic hydroxyl groups excluding tert-OH is 1. The molecule has 1 unspecified atom stereocenters. The Hall–Kier alpha value is -0.930. The number of benzene rings is 1. The highest BCUT2D eigenvalue weighted by molar-refractivity contribution is 7.89. The van der Waals surface area contributed by atoms with Gasteiger partial charge in [-0.15, -0.1) is 0 Å². The smallest absolute Gasteiger partial charge is 0.0843 e. The predicted octanol–water partition coefficient (Wildman–Crippen LogP) is 1.69. The van der Waals surface area contributed by atoms with Crippen LogP contribution in [0.5, 0.6) is 0 Å². The normalized spacial score (nSPS) is 14.9. The number of aliphatic hydroxyl groups is 1. The van der Waals surface area contributed by atoms with Gasteiger partial charge in [0.2, 0.25) is 0 Å². The third-order valence-electron chi connectivity index (χ3n) is 1.66. The molecule has 0 saturated heterocycles. The lowest BCUT2D eigenvalue weighted by atomic mass is 10.4. The van der Waals surface area contributed by atoms with Gasteiger partial charge in [0.25, 0.3) is 0 Å². The monoisotopic (exact) mass is 196 g/mol. The fourth-order valence-electron chi connectivity index (χ4n) is 0.850. The number of hydrogen-bond donors (Lipinski definition) is 1. The molecule has 1 aromatic carbocycles. The van der Waals surface area contributed by atoms with Crippen LogP contribution in [-0.4, -0.2) is 15.4 Å². The Morgan fingerprint density at radius 3 is 2.46 bits per heavy atom. The average Bonchev–Trinajstić information content (AvgIpc) is 2.17. The second-order valence-corrected chi connectivity index (χ2v) is 4.26. The summed E-state index contributed by atoms with van der Waals surface area (Å²) in [5, 5.41) is 9.16. The minimum Gasteiger partial charge on any atom is -0.388 e. The molecule has 0 aliphatic heterocycles. The molecule has 2 atom stereocenters. The van der Waals surface area contributed by atoms with E-state index in [9.17, 15) is 4.21 Å². The van der Waals surface area contributed by atoms with Gasteiger partial charge < -0.3 is 5.11 Å². The molecule has 13 heavy (non-hydrogen) atoms. The fraction of sp³-hybridized carbons (Fsp3) is 0.200. The Kier molecular flexibility index (Phi) is 3.39. The van der Waals surface area contributed by atoms with Gasteiger partial charge in [-0.2, -0.15) is 0 Å². The molecule has 0 aromatic heterocycles. The van der Waals surface area contributed by atoms with E-state index >= 15 is 0 Å². The molecule has 0 aliphatic carbocycles. The van der Waals surface area contributed by atoms with E-state index in [4.69, 9.17) is 5.11 Å². The van der Waals surface area contributed by atoms with E-state index in [1.54, 1.807) is 19.1 Å². The van der Waals surface area contributed by atoms with Crippen LogP contribution in [0, 0.1) is 0 Å². The molecule has 0 aliphatic rings. The summed E-state index contributed by atoms with van der Waals surface area (Å²) in [6.45, 7) is 5.14. The SMILES string of the molecule is C=C([C@H](C)O)S(=O)c1ccccc1. The molecule has 1 aromatic rings. The summed E-state index contributed by atoms with van der Waals surface area (Å²) in [7, 11) is -1.30. The summed E-state index contributed by atoms with van der Waals surface area (Å²) in [5.41, 5.74) is 0. The van der Waals surface area contributed by atoms with Crippen LogP contribution >= 0.6 is 0 Å². The summed E-state index contributed by atoms with van der Waals surface area (Å²) in [6, 6.07) is 8.98. The van der Waals surface area contributed by atoms with Gasteiger partial charge in [-0.3, -0.25) is 0 Å². The molecule has 1 rings (SSSR count). The quantitative estimate of drug-likeness (QED) is 0.798. The maximum atomic E-state index is 11.6. The molecule has 0 spiro atoms. The summed E-state index contributed by atoms with van der Waals surface area (Å²) in [5.74, 6) is 0. The highest BCUT2D eigenvalue weighted by atomic mass is 32.2. The zero-order valence-electron chi connectivity index (χ0n) is 7.43. The Balaban J connectivity index is 2.87. The molecule has 2 nitrogen and oxygen atoms in total. The maximum absolute atomic E-state index is 11.6. The van der Waals surface area contributed by atoms with Gasteiger partial charge in [-0.1, -0.05) is 24.8 Å². The minimum atomic E-state index is -1.30. The van der Waals surface area contributed by atoms with Crippen molar-refractivity contribution in [3.63, 3.8) is 0 Å². The largest absolute Gasteiger partial charge is 0.388 e. The van der Waals surface area contributed by atoms with Crippen molar-refractivity contribution in [3.05, 3.63) is 41.8 Å². The first-order chi connectivity index (χ1) is 6.13.